The highest BCUT2D eigenvalue weighted by atomic mass is 32.2. The van der Waals surface area contributed by atoms with Gasteiger partial charge in [-0.25, -0.2) is 12.8 Å². The van der Waals surface area contributed by atoms with E-state index in [4.69, 9.17) is 0 Å². The average molecular weight is 328 g/mol. The van der Waals surface area contributed by atoms with E-state index in [0.717, 1.165) is 5.56 Å². The molecule has 0 spiro atoms. The lowest BCUT2D eigenvalue weighted by Gasteiger charge is -2.25. The number of carbonyl (C=O) groups is 1. The van der Waals surface area contributed by atoms with Crippen LogP contribution in [-0.2, 0) is 14.6 Å². The molecule has 7 heteroatoms. The molecule has 1 saturated heterocycles. The van der Waals surface area contributed by atoms with Crippen LogP contribution in [-0.4, -0.2) is 51.4 Å². The molecule has 2 atom stereocenters. The fourth-order valence-electron chi connectivity index (χ4n) is 2.66. The lowest BCUT2D eigenvalue weighted by Crippen LogP contribution is -2.38. The zero-order chi connectivity index (χ0) is 16.3. The van der Waals surface area contributed by atoms with Gasteiger partial charge < -0.3 is 10.2 Å². The van der Waals surface area contributed by atoms with Crippen LogP contribution in [0.2, 0.25) is 0 Å². The molecule has 0 aromatic heterocycles. The molecule has 0 aliphatic carbocycles. The summed E-state index contributed by atoms with van der Waals surface area (Å²) < 4.78 is 36.2. The van der Waals surface area contributed by atoms with Gasteiger partial charge in [0.1, 0.15) is 5.82 Å². The Bertz CT molecular complexity index is 646. The summed E-state index contributed by atoms with van der Waals surface area (Å²) in [5.74, 6) is -1.04. The minimum absolute atomic E-state index is 0.0755. The number of likely N-dealkylation sites (N-methyl/N-ethyl adjacent to an activating group) is 1. The first-order chi connectivity index (χ1) is 10.3. The average Bonchev–Trinajstić information content (AvgIpc) is 2.79. The van der Waals surface area contributed by atoms with E-state index in [1.807, 2.05) is 19.0 Å². The van der Waals surface area contributed by atoms with Crippen molar-refractivity contribution in [2.75, 3.05) is 32.1 Å². The summed E-state index contributed by atoms with van der Waals surface area (Å²) in [4.78, 5) is 14.0. The molecule has 1 heterocycles. The number of hydrogen-bond acceptors (Lipinski definition) is 4. The Morgan fingerprint density at radius 3 is 2.73 bits per heavy atom. The molecule has 0 bridgehead atoms. The van der Waals surface area contributed by atoms with Crippen molar-refractivity contribution in [1.29, 1.82) is 0 Å². The van der Waals surface area contributed by atoms with Crippen LogP contribution in [0.5, 0.6) is 0 Å². The molecule has 1 N–H and O–H groups in total. The van der Waals surface area contributed by atoms with Gasteiger partial charge in [-0.1, -0.05) is 12.1 Å². The summed E-state index contributed by atoms with van der Waals surface area (Å²) in [5, 5.41) is 2.79. The van der Waals surface area contributed by atoms with Gasteiger partial charge >= 0.3 is 0 Å². The van der Waals surface area contributed by atoms with Gasteiger partial charge in [0.05, 0.1) is 23.5 Å². The number of hydrogen-bond donors (Lipinski definition) is 1. The molecular formula is C15H21FN2O3S. The number of nitrogens with one attached hydrogen (secondary N) is 1. The Hall–Kier alpha value is -1.47. The molecule has 1 aliphatic rings. The summed E-state index contributed by atoms with van der Waals surface area (Å²) in [6, 6.07) is 6.08. The predicted octanol–water partition coefficient (Wildman–Crippen LogP) is 0.979. The Kier molecular flexibility index (Phi) is 5.18. The van der Waals surface area contributed by atoms with Gasteiger partial charge in [-0.05, 0) is 38.2 Å². The minimum atomic E-state index is -3.07. The molecule has 1 aliphatic heterocycles. The molecule has 0 radical (unpaired) electrons. The second-order valence-corrected chi connectivity index (χ2v) is 8.11. The van der Waals surface area contributed by atoms with Crippen molar-refractivity contribution in [3.63, 3.8) is 0 Å². The molecule has 2 unspecified atom stereocenters. The first-order valence-electron chi connectivity index (χ1n) is 7.18. The summed E-state index contributed by atoms with van der Waals surface area (Å²) >= 11 is 0. The van der Waals surface area contributed by atoms with Gasteiger partial charge in [-0.3, -0.25) is 4.79 Å². The monoisotopic (exact) mass is 328 g/mol. The number of benzene rings is 1. The van der Waals surface area contributed by atoms with Crippen molar-refractivity contribution in [1.82, 2.24) is 10.2 Å². The molecule has 2 rings (SSSR count). The van der Waals surface area contributed by atoms with Crippen molar-refractivity contribution in [3.05, 3.63) is 35.6 Å². The second-order valence-electron chi connectivity index (χ2n) is 5.88. The van der Waals surface area contributed by atoms with E-state index < -0.39 is 15.8 Å². The summed E-state index contributed by atoms with van der Waals surface area (Å²) in [5.41, 5.74) is 0.768. The van der Waals surface area contributed by atoms with Gasteiger partial charge in [-0.2, -0.15) is 0 Å². The normalized spacial score (nSPS) is 21.7. The Labute approximate surface area is 130 Å². The van der Waals surface area contributed by atoms with Crippen LogP contribution in [0, 0.1) is 11.7 Å². The highest BCUT2D eigenvalue weighted by molar-refractivity contribution is 7.91. The van der Waals surface area contributed by atoms with Crippen molar-refractivity contribution < 1.29 is 17.6 Å². The summed E-state index contributed by atoms with van der Waals surface area (Å²) in [6.45, 7) is 0.311. The van der Waals surface area contributed by atoms with Crippen LogP contribution >= 0.6 is 0 Å². The maximum Gasteiger partial charge on any atom is 0.224 e. The number of carbonyl (C=O) groups excluding carboxylic acids is 1. The Morgan fingerprint density at radius 2 is 2.18 bits per heavy atom. The van der Waals surface area contributed by atoms with E-state index in [1.54, 1.807) is 12.1 Å². The van der Waals surface area contributed by atoms with Crippen molar-refractivity contribution >= 4 is 15.7 Å². The maximum atomic E-state index is 13.3. The Morgan fingerprint density at radius 1 is 1.45 bits per heavy atom. The maximum absolute atomic E-state index is 13.3. The summed E-state index contributed by atoms with van der Waals surface area (Å²) in [6.07, 6.45) is 0.376. The topological polar surface area (TPSA) is 66.5 Å². The third-order valence-corrected chi connectivity index (χ3v) is 5.70. The fourth-order valence-corrected chi connectivity index (χ4v) is 4.40. The molecular weight excluding hydrogens is 307 g/mol. The Balaban J connectivity index is 1.99. The van der Waals surface area contributed by atoms with E-state index in [0.29, 0.717) is 13.0 Å². The van der Waals surface area contributed by atoms with Gasteiger partial charge in [0.25, 0.3) is 0 Å². The van der Waals surface area contributed by atoms with Crippen molar-refractivity contribution in [2.45, 2.75) is 12.5 Å². The van der Waals surface area contributed by atoms with Crippen LogP contribution in [0.25, 0.3) is 0 Å². The van der Waals surface area contributed by atoms with Gasteiger partial charge in [0.2, 0.25) is 5.91 Å². The minimum Gasteiger partial charge on any atom is -0.354 e. The molecule has 1 aromatic carbocycles. The number of rotatable bonds is 5. The molecule has 0 saturated carbocycles. The molecule has 122 valence electrons. The quantitative estimate of drug-likeness (QED) is 0.875. The number of halogens is 1. The third-order valence-electron chi connectivity index (χ3n) is 3.93. The molecule has 1 aromatic rings. The van der Waals surface area contributed by atoms with Crippen LogP contribution in [0.1, 0.15) is 18.0 Å². The smallest absolute Gasteiger partial charge is 0.224 e. The third kappa shape index (κ3) is 4.27. The van der Waals surface area contributed by atoms with Gasteiger partial charge in [0.15, 0.2) is 9.84 Å². The number of nitrogens with zero attached hydrogens (tertiary/aromatic N) is 1. The van der Waals surface area contributed by atoms with Crippen molar-refractivity contribution in [2.24, 2.45) is 5.92 Å². The van der Waals surface area contributed by atoms with E-state index in [9.17, 15) is 17.6 Å². The van der Waals surface area contributed by atoms with E-state index in [2.05, 4.69) is 5.32 Å². The largest absolute Gasteiger partial charge is 0.354 e. The highest BCUT2D eigenvalue weighted by Gasteiger charge is 2.33. The summed E-state index contributed by atoms with van der Waals surface area (Å²) in [7, 11) is 0.624. The van der Waals surface area contributed by atoms with Gasteiger partial charge in [0, 0.05) is 6.54 Å². The predicted molar refractivity (Wildman–Crippen MR) is 82.6 cm³/mol. The van der Waals surface area contributed by atoms with E-state index in [1.165, 1.54) is 12.1 Å². The number of sulfone groups is 1. The second kappa shape index (κ2) is 6.75. The molecule has 1 amide bonds. The first-order valence-corrected chi connectivity index (χ1v) is 9.00. The molecule has 1 fully saturated rings. The number of amides is 1. The molecule has 5 nitrogen and oxygen atoms in total. The lowest BCUT2D eigenvalue weighted by atomic mass is 10.0. The van der Waals surface area contributed by atoms with Crippen LogP contribution in [0.15, 0.2) is 24.3 Å². The van der Waals surface area contributed by atoms with Crippen LogP contribution < -0.4 is 5.32 Å². The van der Waals surface area contributed by atoms with Crippen molar-refractivity contribution in [3.8, 4) is 0 Å². The highest BCUT2D eigenvalue weighted by Crippen LogP contribution is 2.21. The van der Waals surface area contributed by atoms with Crippen LogP contribution in [0.3, 0.4) is 0 Å². The fraction of sp³-hybridized carbons (Fsp3) is 0.533. The lowest BCUT2D eigenvalue weighted by molar-refractivity contribution is -0.124. The zero-order valence-corrected chi connectivity index (χ0v) is 13.6. The SMILES string of the molecule is CN(C)C(CNC(=O)C1CCS(=O)(=O)C1)c1cccc(F)c1. The first kappa shape index (κ1) is 16.9. The van der Waals surface area contributed by atoms with Gasteiger partial charge in [-0.15, -0.1) is 0 Å². The standard InChI is InChI=1S/C15H21FN2O3S/c1-18(2)14(11-4-3-5-13(16)8-11)9-17-15(19)12-6-7-22(20,21)10-12/h3-5,8,12,14H,6-7,9-10H2,1-2H3,(H,17,19). The zero-order valence-electron chi connectivity index (χ0n) is 12.8. The van der Waals surface area contributed by atoms with E-state index >= 15 is 0 Å². The van der Waals surface area contributed by atoms with Crippen LogP contribution in [0.4, 0.5) is 4.39 Å². The molecule has 22 heavy (non-hydrogen) atoms. The van der Waals surface area contributed by atoms with E-state index in [-0.39, 0.29) is 29.3 Å².